The Morgan fingerprint density at radius 2 is 1.76 bits per heavy atom. The summed E-state index contributed by atoms with van der Waals surface area (Å²) in [5, 5.41) is 2.31. The lowest BCUT2D eigenvalue weighted by Gasteiger charge is -2.16. The van der Waals surface area contributed by atoms with Crippen LogP contribution >= 0.6 is 22.9 Å². The lowest BCUT2D eigenvalue weighted by atomic mass is 9.99. The van der Waals surface area contributed by atoms with Gasteiger partial charge in [-0.25, -0.2) is 9.18 Å². The van der Waals surface area contributed by atoms with Crippen LogP contribution in [-0.2, 0) is 4.74 Å². The number of halogens is 3. The average molecular weight is 540 g/mol. The highest BCUT2D eigenvalue weighted by Gasteiger charge is 2.23. The molecule has 0 saturated heterocycles. The van der Waals surface area contributed by atoms with E-state index in [1.165, 1.54) is 36.6 Å². The van der Waals surface area contributed by atoms with Crippen molar-refractivity contribution in [3.05, 3.63) is 93.8 Å². The Balaban J connectivity index is 1.36. The first-order valence-electron chi connectivity index (χ1n) is 11.8. The highest BCUT2D eigenvalue weighted by Crippen LogP contribution is 2.43. The second-order valence-corrected chi connectivity index (χ2v) is 10.4. The zero-order chi connectivity index (χ0) is 26.1. The van der Waals surface area contributed by atoms with Gasteiger partial charge < -0.3 is 9.47 Å². The van der Waals surface area contributed by atoms with Crippen LogP contribution in [0.1, 0.15) is 42.9 Å². The molecular weight excluding hydrogens is 516 g/mol. The van der Waals surface area contributed by atoms with Crippen LogP contribution in [0.5, 0.6) is 5.75 Å². The molecule has 5 rings (SSSR count). The van der Waals surface area contributed by atoms with Gasteiger partial charge in [0.1, 0.15) is 17.7 Å². The van der Waals surface area contributed by atoms with Gasteiger partial charge in [-0.05, 0) is 60.6 Å². The Bertz CT molecular complexity index is 1450. The lowest BCUT2D eigenvalue weighted by Crippen LogP contribution is -2.16. The van der Waals surface area contributed by atoms with E-state index in [0.717, 1.165) is 28.5 Å². The van der Waals surface area contributed by atoms with Crippen LogP contribution in [0.4, 0.5) is 19.3 Å². The molecule has 1 amide bonds. The van der Waals surface area contributed by atoms with Gasteiger partial charge in [-0.1, -0.05) is 54.1 Å². The third kappa shape index (κ3) is 5.63. The fourth-order valence-corrected chi connectivity index (χ4v) is 5.44. The molecule has 1 unspecified atom stereocenters. The minimum absolute atomic E-state index is 0.150. The molecule has 1 aromatic heterocycles. The fourth-order valence-electron chi connectivity index (χ4n) is 4.29. The number of hydrogen-bond acceptors (Lipinski definition) is 4. The van der Waals surface area contributed by atoms with Crippen molar-refractivity contribution in [2.45, 2.75) is 31.8 Å². The van der Waals surface area contributed by atoms with Gasteiger partial charge in [0, 0.05) is 17.2 Å². The maximum Gasteiger partial charge on any atom is 0.412 e. The van der Waals surface area contributed by atoms with Gasteiger partial charge >= 0.3 is 6.09 Å². The van der Waals surface area contributed by atoms with Crippen LogP contribution in [0.2, 0.25) is 5.02 Å². The van der Waals surface area contributed by atoms with E-state index in [1.807, 2.05) is 18.2 Å². The van der Waals surface area contributed by atoms with E-state index in [4.69, 9.17) is 21.1 Å². The van der Waals surface area contributed by atoms with E-state index in [1.54, 1.807) is 14.0 Å². The van der Waals surface area contributed by atoms with E-state index >= 15 is 0 Å². The summed E-state index contributed by atoms with van der Waals surface area (Å²) in [4.78, 5) is 13.1. The smallest absolute Gasteiger partial charge is 0.412 e. The number of carbonyl (C=O) groups excluding carboxylic acids is 1. The first-order chi connectivity index (χ1) is 17.8. The predicted molar refractivity (Wildman–Crippen MR) is 144 cm³/mol. The molecule has 1 aliphatic rings. The van der Waals surface area contributed by atoms with Crippen molar-refractivity contribution in [3.8, 4) is 27.3 Å². The Hall–Kier alpha value is -3.42. The molecule has 0 bridgehead atoms. The summed E-state index contributed by atoms with van der Waals surface area (Å²) in [5.74, 6) is 0.833. The zero-order valence-corrected chi connectivity index (χ0v) is 21.8. The zero-order valence-electron chi connectivity index (χ0n) is 20.2. The second kappa shape index (κ2) is 10.5. The van der Waals surface area contributed by atoms with Gasteiger partial charge in [0.25, 0.3) is 0 Å². The number of thiophene rings is 1. The molecule has 1 heterocycles. The van der Waals surface area contributed by atoms with Crippen LogP contribution in [0, 0.1) is 10.9 Å². The van der Waals surface area contributed by atoms with Crippen molar-refractivity contribution in [3.63, 3.8) is 0 Å². The number of hydrogen-bond donors (Lipinski definition) is 1. The molecule has 0 aliphatic heterocycles. The lowest BCUT2D eigenvalue weighted by molar-refractivity contribution is 0.121. The van der Waals surface area contributed by atoms with Crippen molar-refractivity contribution >= 4 is 34.7 Å². The Morgan fingerprint density at radius 3 is 2.43 bits per heavy atom. The van der Waals surface area contributed by atoms with Crippen molar-refractivity contribution in [1.29, 1.82) is 0 Å². The van der Waals surface area contributed by atoms with Crippen LogP contribution in [0.15, 0.2) is 66.7 Å². The largest absolute Gasteiger partial charge is 0.496 e. The van der Waals surface area contributed by atoms with Crippen molar-refractivity contribution in [2.24, 2.45) is 0 Å². The molecule has 4 aromatic rings. The SMILES string of the molecule is COc1cc(-c2sc(F)cc2NC(=O)OC(C)c2ccc(F)cc2Cl)ccc1-c1ccc(C2CC2)cc1. The van der Waals surface area contributed by atoms with Gasteiger partial charge in [-0.2, -0.15) is 4.39 Å². The van der Waals surface area contributed by atoms with E-state index in [2.05, 4.69) is 29.6 Å². The fraction of sp³-hybridized carbons (Fsp3) is 0.207. The highest BCUT2D eigenvalue weighted by atomic mass is 35.5. The second-order valence-electron chi connectivity index (χ2n) is 8.94. The Labute approximate surface area is 222 Å². The third-order valence-corrected chi connectivity index (χ3v) is 7.66. The van der Waals surface area contributed by atoms with Gasteiger partial charge in [-0.15, -0.1) is 11.3 Å². The number of benzene rings is 3. The maximum absolute atomic E-state index is 14.3. The van der Waals surface area contributed by atoms with E-state index < -0.39 is 23.1 Å². The van der Waals surface area contributed by atoms with Gasteiger partial charge in [-0.3, -0.25) is 5.32 Å². The van der Waals surface area contributed by atoms with Gasteiger partial charge in [0.15, 0.2) is 5.13 Å². The summed E-state index contributed by atoms with van der Waals surface area (Å²) >= 11 is 6.98. The molecule has 1 aliphatic carbocycles. The summed E-state index contributed by atoms with van der Waals surface area (Å²) in [6.45, 7) is 1.62. The maximum atomic E-state index is 14.3. The summed E-state index contributed by atoms with van der Waals surface area (Å²) in [6, 6.07) is 19.2. The van der Waals surface area contributed by atoms with E-state index in [0.29, 0.717) is 27.7 Å². The Kier molecular flexibility index (Phi) is 7.17. The standard InChI is InChI=1S/C29H24ClF2NO3S/c1-16(22-12-10-21(31)14-24(22)30)36-29(34)33-25-15-27(32)37-28(25)20-9-11-23(26(13-20)35-2)19-7-5-18(6-8-19)17-3-4-17/h5-17H,3-4H2,1-2H3,(H,33,34). The predicted octanol–water partition coefficient (Wildman–Crippen LogP) is 9.21. The molecule has 37 heavy (non-hydrogen) atoms. The molecule has 190 valence electrons. The summed E-state index contributed by atoms with van der Waals surface area (Å²) in [7, 11) is 1.59. The van der Waals surface area contributed by atoms with Crippen molar-refractivity contribution in [2.75, 3.05) is 12.4 Å². The number of rotatable bonds is 7. The van der Waals surface area contributed by atoms with Crippen molar-refractivity contribution < 1.29 is 23.0 Å². The number of methoxy groups -OCH3 is 1. The van der Waals surface area contributed by atoms with E-state index in [9.17, 15) is 13.6 Å². The number of ether oxygens (including phenoxy) is 2. The first kappa shape index (κ1) is 25.2. The van der Waals surface area contributed by atoms with Crippen LogP contribution in [0.25, 0.3) is 21.6 Å². The quantitative estimate of drug-likeness (QED) is 0.254. The Morgan fingerprint density at radius 1 is 1.03 bits per heavy atom. The molecule has 1 atom stereocenters. The molecule has 0 radical (unpaired) electrons. The number of carbonyl (C=O) groups is 1. The summed E-state index contributed by atoms with van der Waals surface area (Å²) in [6.07, 6.45) is 0.965. The monoisotopic (exact) mass is 539 g/mol. The molecule has 0 spiro atoms. The number of amides is 1. The third-order valence-electron chi connectivity index (χ3n) is 6.36. The molecule has 1 saturated carbocycles. The normalized spacial score (nSPS) is 13.8. The molecule has 4 nitrogen and oxygen atoms in total. The van der Waals surface area contributed by atoms with Crippen LogP contribution < -0.4 is 10.1 Å². The van der Waals surface area contributed by atoms with Crippen LogP contribution in [0.3, 0.4) is 0 Å². The minimum Gasteiger partial charge on any atom is -0.496 e. The number of anilines is 1. The minimum atomic E-state index is -0.786. The topological polar surface area (TPSA) is 47.6 Å². The summed E-state index contributed by atoms with van der Waals surface area (Å²) < 4.78 is 38.7. The molecule has 3 aromatic carbocycles. The molecular formula is C29H24ClF2NO3S. The first-order valence-corrected chi connectivity index (χ1v) is 13.0. The van der Waals surface area contributed by atoms with Gasteiger partial charge in [0.2, 0.25) is 0 Å². The van der Waals surface area contributed by atoms with Crippen molar-refractivity contribution in [1.82, 2.24) is 0 Å². The van der Waals surface area contributed by atoms with E-state index in [-0.39, 0.29) is 10.7 Å². The summed E-state index contributed by atoms with van der Waals surface area (Å²) in [5.41, 5.74) is 4.72. The molecule has 1 N–H and O–H groups in total. The average Bonchev–Trinajstić information content (AvgIpc) is 3.66. The molecule has 1 fully saturated rings. The molecule has 8 heteroatoms. The van der Waals surface area contributed by atoms with Crippen LogP contribution in [-0.4, -0.2) is 13.2 Å². The highest BCUT2D eigenvalue weighted by molar-refractivity contribution is 7.14. The van der Waals surface area contributed by atoms with Gasteiger partial charge in [0.05, 0.1) is 22.7 Å². The number of nitrogens with one attached hydrogen (secondary N) is 1.